The van der Waals surface area contributed by atoms with Gasteiger partial charge in [-0.2, -0.15) is 8.42 Å². The average molecular weight is 254 g/mol. The Labute approximate surface area is 103 Å². The largest absolute Gasteiger partial charge is 0.387 e. The molecule has 0 aliphatic heterocycles. The van der Waals surface area contributed by atoms with E-state index < -0.39 is 10.0 Å². The maximum absolute atomic E-state index is 12.1. The first-order valence-electron chi connectivity index (χ1n) is 5.31. The summed E-state index contributed by atoms with van der Waals surface area (Å²) in [5.41, 5.74) is 8.85. The van der Waals surface area contributed by atoms with Gasteiger partial charge in [0.15, 0.2) is 0 Å². The maximum atomic E-state index is 12.1. The molecule has 0 saturated heterocycles. The molecule has 0 bridgehead atoms. The molecular formula is C12H18N2O2S. The first-order chi connectivity index (χ1) is 7.66. The van der Waals surface area contributed by atoms with Crippen LogP contribution >= 0.6 is 0 Å². The number of benzene rings is 1. The molecule has 0 saturated carbocycles. The van der Waals surface area contributed by atoms with E-state index in [4.69, 9.17) is 5.73 Å². The Morgan fingerprint density at radius 1 is 1.12 bits per heavy atom. The molecule has 2 N–H and O–H groups in total. The third-order valence-corrected chi connectivity index (χ3v) is 4.48. The van der Waals surface area contributed by atoms with Gasteiger partial charge in [-0.3, -0.25) is 0 Å². The van der Waals surface area contributed by atoms with E-state index in [9.17, 15) is 8.42 Å². The van der Waals surface area contributed by atoms with Gasteiger partial charge in [-0.25, -0.2) is 0 Å². The van der Waals surface area contributed by atoms with E-state index in [0.717, 1.165) is 16.7 Å². The van der Waals surface area contributed by atoms with Crippen LogP contribution < -0.4 is 5.73 Å². The molecule has 0 atom stereocenters. The topological polar surface area (TPSA) is 72.5 Å². The average Bonchev–Trinajstić information content (AvgIpc) is 2.11. The SMILES string of the molecule is CC(N)=NS(=O)(=O)c1c(C)cc(C)c(C)c1C. The molecule has 1 aromatic carbocycles. The van der Waals surface area contributed by atoms with Gasteiger partial charge >= 0.3 is 0 Å². The second-order valence-electron chi connectivity index (χ2n) is 4.30. The van der Waals surface area contributed by atoms with E-state index in [1.54, 1.807) is 13.8 Å². The van der Waals surface area contributed by atoms with Crippen LogP contribution in [0.15, 0.2) is 15.4 Å². The summed E-state index contributed by atoms with van der Waals surface area (Å²) in [6, 6.07) is 1.86. The van der Waals surface area contributed by atoms with Gasteiger partial charge in [0.05, 0.1) is 4.90 Å². The van der Waals surface area contributed by atoms with Gasteiger partial charge in [-0.05, 0) is 56.9 Å². The van der Waals surface area contributed by atoms with E-state index in [0.29, 0.717) is 5.56 Å². The van der Waals surface area contributed by atoms with Crippen LogP contribution in [0.25, 0.3) is 0 Å². The number of nitrogens with zero attached hydrogens (tertiary/aromatic N) is 1. The van der Waals surface area contributed by atoms with Crippen molar-refractivity contribution in [2.45, 2.75) is 39.5 Å². The summed E-state index contributed by atoms with van der Waals surface area (Å²) in [4.78, 5) is 0.269. The molecule has 0 spiro atoms. The summed E-state index contributed by atoms with van der Waals surface area (Å²) < 4.78 is 27.7. The summed E-state index contributed by atoms with van der Waals surface area (Å²) >= 11 is 0. The van der Waals surface area contributed by atoms with Crippen molar-refractivity contribution in [3.63, 3.8) is 0 Å². The molecule has 1 rings (SSSR count). The van der Waals surface area contributed by atoms with Crippen molar-refractivity contribution in [1.82, 2.24) is 0 Å². The van der Waals surface area contributed by atoms with Crippen molar-refractivity contribution in [3.8, 4) is 0 Å². The van der Waals surface area contributed by atoms with Crippen LogP contribution in [0.1, 0.15) is 29.2 Å². The zero-order valence-electron chi connectivity index (χ0n) is 10.8. The summed E-state index contributed by atoms with van der Waals surface area (Å²) in [5.74, 6) is 0.0435. The number of amidine groups is 1. The quantitative estimate of drug-likeness (QED) is 0.648. The molecule has 4 nitrogen and oxygen atoms in total. The highest BCUT2D eigenvalue weighted by Crippen LogP contribution is 2.27. The highest BCUT2D eigenvalue weighted by Gasteiger charge is 2.20. The zero-order chi connectivity index (χ0) is 13.4. The molecule has 0 aliphatic carbocycles. The lowest BCUT2D eigenvalue weighted by Gasteiger charge is -2.13. The predicted molar refractivity (Wildman–Crippen MR) is 69.9 cm³/mol. The number of aryl methyl sites for hydroxylation is 2. The summed E-state index contributed by atoms with van der Waals surface area (Å²) in [7, 11) is -3.70. The molecule has 1 aromatic rings. The minimum Gasteiger partial charge on any atom is -0.387 e. The molecule has 0 amide bonds. The van der Waals surface area contributed by atoms with Gasteiger partial charge in [0, 0.05) is 0 Å². The Balaban J connectivity index is 3.65. The monoisotopic (exact) mass is 254 g/mol. The van der Waals surface area contributed by atoms with Crippen molar-refractivity contribution in [2.75, 3.05) is 0 Å². The fourth-order valence-electron chi connectivity index (χ4n) is 1.89. The van der Waals surface area contributed by atoms with Gasteiger partial charge in [-0.1, -0.05) is 6.07 Å². The Bertz CT molecular complexity index is 583. The van der Waals surface area contributed by atoms with Crippen molar-refractivity contribution in [3.05, 3.63) is 28.3 Å². The lowest BCUT2D eigenvalue weighted by atomic mass is 10.0. The maximum Gasteiger partial charge on any atom is 0.284 e. The zero-order valence-corrected chi connectivity index (χ0v) is 11.6. The first kappa shape index (κ1) is 13.7. The van der Waals surface area contributed by atoms with Crippen LogP contribution in [0.3, 0.4) is 0 Å². The number of hydrogen-bond acceptors (Lipinski definition) is 2. The first-order valence-corrected chi connectivity index (χ1v) is 6.75. The van der Waals surface area contributed by atoms with E-state index in [1.807, 2.05) is 19.9 Å². The highest BCUT2D eigenvalue weighted by molar-refractivity contribution is 7.90. The minimum atomic E-state index is -3.70. The van der Waals surface area contributed by atoms with Crippen LogP contribution in [-0.4, -0.2) is 14.3 Å². The summed E-state index contributed by atoms with van der Waals surface area (Å²) in [5, 5.41) is 0. The fraction of sp³-hybridized carbons (Fsp3) is 0.417. The van der Waals surface area contributed by atoms with Crippen molar-refractivity contribution >= 4 is 15.9 Å². The third-order valence-electron chi connectivity index (χ3n) is 2.81. The molecule has 0 aromatic heterocycles. The molecule has 5 heteroatoms. The molecule has 0 heterocycles. The van der Waals surface area contributed by atoms with Crippen molar-refractivity contribution < 1.29 is 8.42 Å². The lowest BCUT2D eigenvalue weighted by molar-refractivity contribution is 0.596. The van der Waals surface area contributed by atoms with E-state index in [1.165, 1.54) is 6.92 Å². The van der Waals surface area contributed by atoms with Crippen LogP contribution in [0, 0.1) is 27.7 Å². The fourth-order valence-corrected chi connectivity index (χ4v) is 3.37. The van der Waals surface area contributed by atoms with Gasteiger partial charge in [-0.15, -0.1) is 4.40 Å². The standard InChI is InChI=1S/C12H18N2O2S/c1-7-6-8(2)12(10(4)9(7)3)17(15,16)14-11(5)13/h6H,1-5H3,(H2,13,14). The van der Waals surface area contributed by atoms with E-state index in [2.05, 4.69) is 4.40 Å². The predicted octanol–water partition coefficient (Wildman–Crippen LogP) is 1.99. The van der Waals surface area contributed by atoms with Gasteiger partial charge in [0.1, 0.15) is 5.84 Å². The molecule has 0 aliphatic rings. The smallest absolute Gasteiger partial charge is 0.284 e. The van der Waals surface area contributed by atoms with E-state index >= 15 is 0 Å². The number of sulfonamides is 1. The Morgan fingerprint density at radius 3 is 2.12 bits per heavy atom. The highest BCUT2D eigenvalue weighted by atomic mass is 32.2. The lowest BCUT2D eigenvalue weighted by Crippen LogP contribution is -2.12. The normalized spacial score (nSPS) is 12.9. The van der Waals surface area contributed by atoms with E-state index in [-0.39, 0.29) is 10.7 Å². The van der Waals surface area contributed by atoms with Crippen LogP contribution in [0.5, 0.6) is 0 Å². The third kappa shape index (κ3) is 2.66. The van der Waals surface area contributed by atoms with Gasteiger partial charge in [0.2, 0.25) is 0 Å². The number of hydrogen-bond donors (Lipinski definition) is 1. The second kappa shape index (κ2) is 4.49. The Kier molecular flexibility index (Phi) is 3.62. The van der Waals surface area contributed by atoms with Crippen LogP contribution in [0.2, 0.25) is 0 Å². The van der Waals surface area contributed by atoms with Crippen molar-refractivity contribution in [2.24, 2.45) is 10.1 Å². The Morgan fingerprint density at radius 2 is 1.65 bits per heavy atom. The molecule has 0 radical (unpaired) electrons. The summed E-state index contributed by atoms with van der Waals surface area (Å²) in [6.07, 6.45) is 0. The van der Waals surface area contributed by atoms with Crippen molar-refractivity contribution in [1.29, 1.82) is 0 Å². The van der Waals surface area contributed by atoms with Crippen LogP contribution in [-0.2, 0) is 10.0 Å². The Hall–Kier alpha value is -1.36. The second-order valence-corrected chi connectivity index (χ2v) is 5.84. The molecule has 0 unspecified atom stereocenters. The molecule has 0 fully saturated rings. The molecule has 94 valence electrons. The number of rotatable bonds is 2. The molecular weight excluding hydrogens is 236 g/mol. The van der Waals surface area contributed by atoms with Gasteiger partial charge < -0.3 is 5.73 Å². The van der Waals surface area contributed by atoms with Gasteiger partial charge in [0.25, 0.3) is 10.0 Å². The number of nitrogens with two attached hydrogens (primary N) is 1. The molecule has 17 heavy (non-hydrogen) atoms. The van der Waals surface area contributed by atoms with Crippen LogP contribution in [0.4, 0.5) is 0 Å². The summed E-state index contributed by atoms with van der Waals surface area (Å²) in [6.45, 7) is 8.89. The minimum absolute atomic E-state index is 0.0435.